The fourth-order valence-corrected chi connectivity index (χ4v) is 3.86. The Bertz CT molecular complexity index is 692. The van der Waals surface area contributed by atoms with Gasteiger partial charge < -0.3 is 5.32 Å². The van der Waals surface area contributed by atoms with E-state index in [2.05, 4.69) is 15.4 Å². The minimum Gasteiger partial charge on any atom is -0.349 e. The summed E-state index contributed by atoms with van der Waals surface area (Å²) in [5.74, 6) is 0.907. The molecule has 3 rings (SSSR count). The highest BCUT2D eigenvalue weighted by Crippen LogP contribution is 2.16. The molecule has 0 amide bonds. The molecule has 96 valence electrons. The summed E-state index contributed by atoms with van der Waals surface area (Å²) in [7, 11) is -2.88. The molecule has 2 aromatic heterocycles. The molecule has 1 atom stereocenters. The summed E-state index contributed by atoms with van der Waals surface area (Å²) in [6, 6.07) is 5.67. The van der Waals surface area contributed by atoms with Crippen LogP contribution in [0.15, 0.2) is 18.2 Å². The van der Waals surface area contributed by atoms with E-state index in [4.69, 9.17) is 0 Å². The van der Waals surface area contributed by atoms with E-state index in [0.717, 1.165) is 11.3 Å². The van der Waals surface area contributed by atoms with Crippen LogP contribution in [-0.2, 0) is 9.84 Å². The standard InChI is InChI=1S/C11H14N4O2S/c1-8-3-2-4-10-13-11(14-15(8)10)12-9-5-6-18(16,17)7-9/h2-4,9H,5-7H2,1H3,(H,12,14). The fraction of sp³-hybridized carbons (Fsp3) is 0.455. The summed E-state index contributed by atoms with van der Waals surface area (Å²) >= 11 is 0. The smallest absolute Gasteiger partial charge is 0.243 e. The van der Waals surface area contributed by atoms with Gasteiger partial charge in [-0.05, 0) is 25.5 Å². The van der Waals surface area contributed by atoms with Gasteiger partial charge in [0.05, 0.1) is 11.5 Å². The number of anilines is 1. The van der Waals surface area contributed by atoms with Crippen molar-refractivity contribution in [3.8, 4) is 0 Å². The van der Waals surface area contributed by atoms with Crippen LogP contribution < -0.4 is 5.32 Å². The number of fused-ring (bicyclic) bond motifs is 1. The predicted molar refractivity (Wildman–Crippen MR) is 68.4 cm³/mol. The molecule has 1 saturated heterocycles. The van der Waals surface area contributed by atoms with Crippen molar-refractivity contribution >= 4 is 21.4 Å². The second-order valence-electron chi connectivity index (χ2n) is 4.62. The molecule has 0 radical (unpaired) electrons. The first-order valence-electron chi connectivity index (χ1n) is 5.83. The van der Waals surface area contributed by atoms with Crippen molar-refractivity contribution in [1.82, 2.24) is 14.6 Å². The van der Waals surface area contributed by atoms with Gasteiger partial charge in [-0.25, -0.2) is 12.9 Å². The van der Waals surface area contributed by atoms with Gasteiger partial charge in [0, 0.05) is 11.7 Å². The lowest BCUT2D eigenvalue weighted by molar-refractivity contribution is 0.602. The Labute approximate surface area is 105 Å². The average molecular weight is 266 g/mol. The number of hydrogen-bond acceptors (Lipinski definition) is 5. The van der Waals surface area contributed by atoms with Crippen LogP contribution in [0.5, 0.6) is 0 Å². The van der Waals surface area contributed by atoms with Crippen LogP contribution in [0.1, 0.15) is 12.1 Å². The third-order valence-corrected chi connectivity index (χ3v) is 4.88. The van der Waals surface area contributed by atoms with Crippen LogP contribution in [0.2, 0.25) is 0 Å². The Hall–Kier alpha value is -1.63. The number of rotatable bonds is 2. The van der Waals surface area contributed by atoms with E-state index < -0.39 is 9.84 Å². The lowest BCUT2D eigenvalue weighted by Gasteiger charge is -2.06. The van der Waals surface area contributed by atoms with E-state index in [0.29, 0.717) is 12.4 Å². The zero-order valence-electron chi connectivity index (χ0n) is 10.00. The van der Waals surface area contributed by atoms with Crippen molar-refractivity contribution in [2.24, 2.45) is 0 Å². The maximum absolute atomic E-state index is 11.4. The molecule has 1 fully saturated rings. The van der Waals surface area contributed by atoms with Gasteiger partial charge in [-0.15, -0.1) is 5.10 Å². The Balaban J connectivity index is 1.86. The molecule has 1 N–H and O–H groups in total. The van der Waals surface area contributed by atoms with Crippen LogP contribution in [0, 0.1) is 6.92 Å². The number of aromatic nitrogens is 3. The van der Waals surface area contributed by atoms with Gasteiger partial charge in [0.15, 0.2) is 15.5 Å². The Kier molecular flexibility index (Phi) is 2.51. The third-order valence-electron chi connectivity index (χ3n) is 3.11. The molecule has 0 aromatic carbocycles. The molecule has 0 saturated carbocycles. The van der Waals surface area contributed by atoms with E-state index in [-0.39, 0.29) is 17.5 Å². The van der Waals surface area contributed by atoms with E-state index >= 15 is 0 Å². The largest absolute Gasteiger partial charge is 0.349 e. The van der Waals surface area contributed by atoms with E-state index in [1.165, 1.54) is 0 Å². The molecule has 1 unspecified atom stereocenters. The minimum atomic E-state index is -2.88. The number of pyridine rings is 1. The van der Waals surface area contributed by atoms with Crippen LogP contribution in [-0.4, -0.2) is 40.6 Å². The summed E-state index contributed by atoms with van der Waals surface area (Å²) in [5.41, 5.74) is 1.76. The van der Waals surface area contributed by atoms with Crippen LogP contribution in [0.4, 0.5) is 5.95 Å². The highest BCUT2D eigenvalue weighted by atomic mass is 32.2. The van der Waals surface area contributed by atoms with Gasteiger partial charge in [-0.3, -0.25) is 0 Å². The maximum atomic E-state index is 11.4. The summed E-state index contributed by atoms with van der Waals surface area (Å²) in [4.78, 5) is 4.33. The van der Waals surface area contributed by atoms with Gasteiger partial charge in [0.2, 0.25) is 5.95 Å². The van der Waals surface area contributed by atoms with Crippen LogP contribution in [0.25, 0.3) is 5.65 Å². The molecule has 3 heterocycles. The quantitative estimate of drug-likeness (QED) is 0.863. The summed E-state index contributed by atoms with van der Waals surface area (Å²) in [5, 5.41) is 7.41. The van der Waals surface area contributed by atoms with Crippen molar-refractivity contribution in [3.05, 3.63) is 23.9 Å². The monoisotopic (exact) mass is 266 g/mol. The molecule has 0 spiro atoms. The van der Waals surface area contributed by atoms with Crippen molar-refractivity contribution in [2.75, 3.05) is 16.8 Å². The van der Waals surface area contributed by atoms with Crippen molar-refractivity contribution in [1.29, 1.82) is 0 Å². The maximum Gasteiger partial charge on any atom is 0.243 e. The molecule has 6 nitrogen and oxygen atoms in total. The van der Waals surface area contributed by atoms with Gasteiger partial charge in [0.1, 0.15) is 0 Å². The molecule has 0 aliphatic carbocycles. The second-order valence-corrected chi connectivity index (χ2v) is 6.85. The third kappa shape index (κ3) is 2.05. The first kappa shape index (κ1) is 11.5. The van der Waals surface area contributed by atoms with Gasteiger partial charge in [0.25, 0.3) is 0 Å². The molecule has 2 aromatic rings. The first-order chi connectivity index (χ1) is 8.53. The Morgan fingerprint density at radius 3 is 2.94 bits per heavy atom. The summed E-state index contributed by atoms with van der Waals surface area (Å²) in [6.45, 7) is 1.95. The number of aryl methyl sites for hydroxylation is 1. The molecular weight excluding hydrogens is 252 g/mol. The second kappa shape index (κ2) is 3.94. The number of sulfone groups is 1. The Morgan fingerprint density at radius 1 is 1.44 bits per heavy atom. The number of hydrogen-bond donors (Lipinski definition) is 1. The van der Waals surface area contributed by atoms with Crippen LogP contribution >= 0.6 is 0 Å². The van der Waals surface area contributed by atoms with Crippen molar-refractivity contribution in [2.45, 2.75) is 19.4 Å². The predicted octanol–water partition coefficient (Wildman–Crippen LogP) is 0.637. The first-order valence-corrected chi connectivity index (χ1v) is 7.65. The zero-order valence-corrected chi connectivity index (χ0v) is 10.8. The van der Waals surface area contributed by atoms with Gasteiger partial charge in [-0.1, -0.05) is 6.07 Å². The minimum absolute atomic E-state index is 0.0762. The highest BCUT2D eigenvalue weighted by molar-refractivity contribution is 7.91. The number of nitrogens with one attached hydrogen (secondary N) is 1. The lowest BCUT2D eigenvalue weighted by Crippen LogP contribution is -2.21. The van der Waals surface area contributed by atoms with Gasteiger partial charge in [-0.2, -0.15) is 4.98 Å². The van der Waals surface area contributed by atoms with E-state index in [1.807, 2.05) is 25.1 Å². The molecule has 7 heteroatoms. The molecule has 18 heavy (non-hydrogen) atoms. The number of nitrogens with zero attached hydrogens (tertiary/aromatic N) is 3. The highest BCUT2D eigenvalue weighted by Gasteiger charge is 2.28. The summed E-state index contributed by atoms with van der Waals surface area (Å²) in [6.07, 6.45) is 0.622. The zero-order chi connectivity index (χ0) is 12.8. The SMILES string of the molecule is Cc1cccc2nc(NC3CCS(=O)(=O)C3)nn12. The molecular formula is C11H14N4O2S. The van der Waals surface area contributed by atoms with Gasteiger partial charge >= 0.3 is 0 Å². The molecule has 1 aliphatic rings. The summed E-state index contributed by atoms with van der Waals surface area (Å²) < 4.78 is 24.5. The van der Waals surface area contributed by atoms with E-state index in [9.17, 15) is 8.42 Å². The fourth-order valence-electron chi connectivity index (χ4n) is 2.19. The molecule has 1 aliphatic heterocycles. The topological polar surface area (TPSA) is 76.4 Å². The molecule has 0 bridgehead atoms. The van der Waals surface area contributed by atoms with Crippen molar-refractivity contribution < 1.29 is 8.42 Å². The normalized spacial score (nSPS) is 22.4. The average Bonchev–Trinajstić information content (AvgIpc) is 2.83. The van der Waals surface area contributed by atoms with E-state index in [1.54, 1.807) is 4.52 Å². The van der Waals surface area contributed by atoms with Crippen LogP contribution in [0.3, 0.4) is 0 Å². The van der Waals surface area contributed by atoms with Crippen molar-refractivity contribution in [3.63, 3.8) is 0 Å². The lowest BCUT2D eigenvalue weighted by atomic mass is 10.3. The Morgan fingerprint density at radius 2 is 2.28 bits per heavy atom.